The normalized spacial score (nSPS) is 19.1. The Labute approximate surface area is 188 Å². The van der Waals surface area contributed by atoms with E-state index in [0.29, 0.717) is 10.1 Å². The molecule has 0 aliphatic carbocycles. The summed E-state index contributed by atoms with van der Waals surface area (Å²) >= 11 is 1.25. The summed E-state index contributed by atoms with van der Waals surface area (Å²) in [5.74, 6) is -3.00. The SMILES string of the molecule is Cc1nc(/C(=N/OC2(C(=O)OC(C)(C)C)CCOCC2)C(=O)ON2C(=O)CCC2=O)cs1. The molecule has 0 saturated carbocycles. The molecule has 0 atom stereocenters. The highest BCUT2D eigenvalue weighted by Crippen LogP contribution is 2.30. The van der Waals surface area contributed by atoms with Crippen LogP contribution in [0.25, 0.3) is 0 Å². The van der Waals surface area contributed by atoms with Crippen molar-refractivity contribution in [3.8, 4) is 0 Å². The van der Waals surface area contributed by atoms with Gasteiger partial charge < -0.3 is 19.1 Å². The summed E-state index contributed by atoms with van der Waals surface area (Å²) in [6.07, 6.45) is 0.221. The van der Waals surface area contributed by atoms with Crippen LogP contribution in [0.5, 0.6) is 0 Å². The first kappa shape index (κ1) is 23.8. The number of rotatable bonds is 6. The number of thiazole rings is 1. The lowest BCUT2D eigenvalue weighted by Gasteiger charge is -2.34. The number of oxime groups is 1. The predicted molar refractivity (Wildman–Crippen MR) is 110 cm³/mol. The molecule has 0 bridgehead atoms. The van der Waals surface area contributed by atoms with Crippen molar-refractivity contribution >= 4 is 40.8 Å². The lowest BCUT2D eigenvalue weighted by atomic mass is 9.94. The van der Waals surface area contributed by atoms with Crippen LogP contribution in [0.15, 0.2) is 10.5 Å². The van der Waals surface area contributed by atoms with E-state index >= 15 is 0 Å². The van der Waals surface area contributed by atoms with E-state index in [1.165, 1.54) is 11.3 Å². The maximum absolute atomic E-state index is 12.9. The van der Waals surface area contributed by atoms with E-state index in [4.69, 9.17) is 19.1 Å². The summed E-state index contributed by atoms with van der Waals surface area (Å²) in [4.78, 5) is 64.3. The minimum Gasteiger partial charge on any atom is -0.457 e. The molecular formula is C20H25N3O8S. The highest BCUT2D eigenvalue weighted by Gasteiger charge is 2.47. The largest absolute Gasteiger partial charge is 0.457 e. The van der Waals surface area contributed by atoms with Gasteiger partial charge in [0.2, 0.25) is 11.3 Å². The smallest absolute Gasteiger partial charge is 0.387 e. The Morgan fingerprint density at radius 3 is 2.34 bits per heavy atom. The molecule has 2 aliphatic heterocycles. The number of carbonyl (C=O) groups is 4. The van der Waals surface area contributed by atoms with Crippen LogP contribution in [0.3, 0.4) is 0 Å². The Balaban J connectivity index is 1.90. The van der Waals surface area contributed by atoms with Crippen molar-refractivity contribution in [1.82, 2.24) is 10.0 Å². The fourth-order valence-electron chi connectivity index (χ4n) is 2.98. The fourth-order valence-corrected chi connectivity index (χ4v) is 3.58. The molecule has 174 valence electrons. The van der Waals surface area contributed by atoms with E-state index in [0.717, 1.165) is 0 Å². The number of nitrogens with zero attached hydrogens (tertiary/aromatic N) is 3. The average molecular weight is 468 g/mol. The van der Waals surface area contributed by atoms with Gasteiger partial charge in [0.15, 0.2) is 0 Å². The van der Waals surface area contributed by atoms with E-state index in [1.54, 1.807) is 33.1 Å². The summed E-state index contributed by atoms with van der Waals surface area (Å²) in [5.41, 5.74) is -2.49. The van der Waals surface area contributed by atoms with Crippen molar-refractivity contribution in [3.05, 3.63) is 16.1 Å². The number of ether oxygens (including phenoxy) is 2. The van der Waals surface area contributed by atoms with Crippen LogP contribution in [0.1, 0.15) is 57.2 Å². The van der Waals surface area contributed by atoms with Crippen LogP contribution in [-0.4, -0.2) is 63.9 Å². The van der Waals surface area contributed by atoms with Crippen molar-refractivity contribution in [2.75, 3.05) is 13.2 Å². The average Bonchev–Trinajstić information content (AvgIpc) is 3.28. The first-order valence-electron chi connectivity index (χ1n) is 10.1. The molecule has 0 unspecified atom stereocenters. The molecule has 12 heteroatoms. The van der Waals surface area contributed by atoms with Gasteiger partial charge in [0.05, 0.1) is 18.2 Å². The molecule has 0 spiro atoms. The number of hydrogen-bond donors (Lipinski definition) is 0. The van der Waals surface area contributed by atoms with Crippen molar-refractivity contribution in [3.63, 3.8) is 0 Å². The standard InChI is InChI=1S/C20H25N3O8S/c1-12-21-13(11-32-12)16(17(26)30-23-14(24)5-6-15(23)25)22-31-20(7-9-28-10-8-20)18(27)29-19(2,3)4/h11H,5-10H2,1-4H3/b22-16-. The predicted octanol–water partition coefficient (Wildman–Crippen LogP) is 1.67. The second kappa shape index (κ2) is 9.33. The molecular weight excluding hydrogens is 442 g/mol. The minimum absolute atomic E-state index is 0.0490. The summed E-state index contributed by atoms with van der Waals surface area (Å²) in [7, 11) is 0. The van der Waals surface area contributed by atoms with E-state index in [1.807, 2.05) is 0 Å². The van der Waals surface area contributed by atoms with Gasteiger partial charge >= 0.3 is 11.9 Å². The molecule has 0 aromatic carbocycles. The summed E-state index contributed by atoms with van der Waals surface area (Å²) in [6.45, 7) is 7.39. The van der Waals surface area contributed by atoms with Gasteiger partial charge in [-0.2, -0.15) is 0 Å². The highest BCUT2D eigenvalue weighted by molar-refractivity contribution is 7.09. The monoisotopic (exact) mass is 467 g/mol. The molecule has 3 heterocycles. The third-order valence-corrected chi connectivity index (χ3v) is 5.39. The Morgan fingerprint density at radius 2 is 1.81 bits per heavy atom. The molecule has 11 nitrogen and oxygen atoms in total. The van der Waals surface area contributed by atoms with Gasteiger partial charge in [0.1, 0.15) is 11.3 Å². The molecule has 2 aliphatic rings. The highest BCUT2D eigenvalue weighted by atomic mass is 32.1. The number of aryl methyl sites for hydroxylation is 1. The minimum atomic E-state index is -1.47. The number of amides is 2. The second-order valence-electron chi connectivity index (χ2n) is 8.35. The molecule has 1 aromatic heterocycles. The van der Waals surface area contributed by atoms with Crippen LogP contribution in [-0.2, 0) is 38.3 Å². The zero-order chi connectivity index (χ0) is 23.5. The van der Waals surface area contributed by atoms with Crippen LogP contribution in [0.4, 0.5) is 0 Å². The lowest BCUT2D eigenvalue weighted by molar-refractivity contribution is -0.196. The molecule has 0 N–H and O–H groups in total. The van der Waals surface area contributed by atoms with Crippen molar-refractivity contribution < 1.29 is 38.3 Å². The number of hydroxylamine groups is 2. The molecule has 32 heavy (non-hydrogen) atoms. The summed E-state index contributed by atoms with van der Waals surface area (Å²) in [6, 6.07) is 0. The molecule has 2 fully saturated rings. The van der Waals surface area contributed by atoms with Gasteiger partial charge in [-0.05, 0) is 27.7 Å². The quantitative estimate of drug-likeness (QED) is 0.265. The van der Waals surface area contributed by atoms with Crippen molar-refractivity contribution in [2.24, 2.45) is 5.16 Å². The number of carbonyl (C=O) groups excluding carboxylic acids is 4. The van der Waals surface area contributed by atoms with E-state index < -0.39 is 35.0 Å². The van der Waals surface area contributed by atoms with E-state index in [-0.39, 0.29) is 50.3 Å². The number of aromatic nitrogens is 1. The Hall–Kier alpha value is -2.86. The molecule has 2 amide bonds. The Kier molecular flexibility index (Phi) is 6.94. The number of esters is 1. The first-order chi connectivity index (χ1) is 15.0. The van der Waals surface area contributed by atoms with Crippen LogP contribution < -0.4 is 0 Å². The molecule has 2 saturated heterocycles. The van der Waals surface area contributed by atoms with Gasteiger partial charge in [-0.15, -0.1) is 16.4 Å². The van der Waals surface area contributed by atoms with Crippen molar-refractivity contribution in [2.45, 2.75) is 64.6 Å². The van der Waals surface area contributed by atoms with Gasteiger partial charge in [-0.1, -0.05) is 5.16 Å². The zero-order valence-electron chi connectivity index (χ0n) is 18.3. The van der Waals surface area contributed by atoms with Crippen LogP contribution in [0, 0.1) is 6.92 Å². The third kappa shape index (κ3) is 5.49. The van der Waals surface area contributed by atoms with Gasteiger partial charge in [0.25, 0.3) is 11.8 Å². The Bertz CT molecular complexity index is 927. The fraction of sp³-hybridized carbons (Fsp3) is 0.600. The molecule has 0 radical (unpaired) electrons. The van der Waals surface area contributed by atoms with Crippen molar-refractivity contribution in [1.29, 1.82) is 0 Å². The number of imide groups is 1. The van der Waals surface area contributed by atoms with Gasteiger partial charge in [-0.25, -0.2) is 14.6 Å². The first-order valence-corrected chi connectivity index (χ1v) is 11.0. The summed E-state index contributed by atoms with van der Waals surface area (Å²) < 4.78 is 10.8. The lowest BCUT2D eigenvalue weighted by Crippen LogP contribution is -2.49. The van der Waals surface area contributed by atoms with E-state index in [2.05, 4.69) is 10.1 Å². The van der Waals surface area contributed by atoms with E-state index in [9.17, 15) is 19.2 Å². The number of hydrogen-bond acceptors (Lipinski definition) is 11. The summed E-state index contributed by atoms with van der Waals surface area (Å²) in [5, 5.41) is 6.53. The third-order valence-electron chi connectivity index (χ3n) is 4.62. The second-order valence-corrected chi connectivity index (χ2v) is 9.41. The van der Waals surface area contributed by atoms with Gasteiger partial charge in [-0.3, -0.25) is 9.59 Å². The van der Waals surface area contributed by atoms with Crippen LogP contribution in [0.2, 0.25) is 0 Å². The van der Waals surface area contributed by atoms with Gasteiger partial charge in [0, 0.05) is 31.1 Å². The maximum Gasteiger partial charge on any atom is 0.387 e. The van der Waals surface area contributed by atoms with Crippen LogP contribution >= 0.6 is 11.3 Å². The zero-order valence-corrected chi connectivity index (χ0v) is 19.2. The molecule has 3 rings (SSSR count). The topological polar surface area (TPSA) is 134 Å². The maximum atomic E-state index is 12.9. The molecule has 1 aromatic rings. The Morgan fingerprint density at radius 1 is 1.19 bits per heavy atom.